The molecule has 2 unspecified atom stereocenters. The number of aliphatic hydroxyl groups excluding tert-OH is 1. The molecule has 1 aromatic rings. The van der Waals surface area contributed by atoms with Gasteiger partial charge in [-0.3, -0.25) is 0 Å². The van der Waals surface area contributed by atoms with Crippen LogP contribution in [0.3, 0.4) is 0 Å². The highest BCUT2D eigenvalue weighted by atomic mass is 32.1. The van der Waals surface area contributed by atoms with Crippen LogP contribution in [-0.4, -0.2) is 32.7 Å². The van der Waals surface area contributed by atoms with Crippen molar-refractivity contribution in [2.75, 3.05) is 4.90 Å². The van der Waals surface area contributed by atoms with Gasteiger partial charge in [0, 0.05) is 29.5 Å². The number of fused-ring (bicyclic) bond motifs is 2. The normalized spacial score (nSPS) is 36.5. The molecule has 3 heterocycles. The van der Waals surface area contributed by atoms with Crippen LogP contribution in [0, 0.1) is 0 Å². The second-order valence-electron chi connectivity index (χ2n) is 5.63. The van der Waals surface area contributed by atoms with Crippen LogP contribution >= 0.6 is 11.5 Å². The van der Waals surface area contributed by atoms with Gasteiger partial charge in [0.1, 0.15) is 5.82 Å². The van der Waals surface area contributed by atoms with E-state index in [1.165, 1.54) is 25.7 Å². The maximum atomic E-state index is 9.80. The number of hydrogen-bond donors (Lipinski definition) is 1. The first-order valence-electron chi connectivity index (χ1n) is 6.61. The fraction of sp³-hybridized carbons (Fsp3) is 0.833. The molecule has 1 saturated carbocycles. The molecule has 17 heavy (non-hydrogen) atoms. The van der Waals surface area contributed by atoms with Crippen molar-refractivity contribution >= 4 is 16.7 Å². The summed E-state index contributed by atoms with van der Waals surface area (Å²) in [6, 6.07) is 1.01. The van der Waals surface area contributed by atoms with Gasteiger partial charge in [0.05, 0.1) is 6.10 Å². The van der Waals surface area contributed by atoms with Crippen molar-refractivity contribution < 1.29 is 5.11 Å². The van der Waals surface area contributed by atoms with Crippen molar-refractivity contribution in [3.63, 3.8) is 0 Å². The van der Waals surface area contributed by atoms with Gasteiger partial charge < -0.3 is 10.0 Å². The summed E-state index contributed by atoms with van der Waals surface area (Å²) in [4.78, 5) is 7.15. The quantitative estimate of drug-likeness (QED) is 0.872. The minimum Gasteiger partial charge on any atom is -0.393 e. The standard InChI is InChI=1S/C12H17N3OS/c16-10-5-8-3-4-9(6-10)15(8)12-13-11(14-17-12)7-1-2-7/h7-10,16H,1-6H2. The molecular weight excluding hydrogens is 234 g/mol. The van der Waals surface area contributed by atoms with E-state index in [1.54, 1.807) is 11.5 Å². The molecule has 1 aliphatic carbocycles. The first kappa shape index (κ1) is 10.3. The number of piperidine rings is 1. The zero-order valence-electron chi connectivity index (χ0n) is 9.75. The van der Waals surface area contributed by atoms with Crippen LogP contribution < -0.4 is 4.90 Å². The van der Waals surface area contributed by atoms with E-state index >= 15 is 0 Å². The van der Waals surface area contributed by atoms with Gasteiger partial charge in [-0.15, -0.1) is 0 Å². The smallest absolute Gasteiger partial charge is 0.205 e. The third-order valence-corrected chi connectivity index (χ3v) is 5.05. The molecular formula is C12H17N3OS. The summed E-state index contributed by atoms with van der Waals surface area (Å²) in [7, 11) is 0. The predicted octanol–water partition coefficient (Wildman–Crippen LogP) is 1.91. The largest absolute Gasteiger partial charge is 0.393 e. The lowest BCUT2D eigenvalue weighted by Crippen LogP contribution is -2.44. The third kappa shape index (κ3) is 1.67. The highest BCUT2D eigenvalue weighted by molar-refractivity contribution is 7.09. The summed E-state index contributed by atoms with van der Waals surface area (Å²) in [5, 5.41) is 10.9. The Morgan fingerprint density at radius 3 is 2.47 bits per heavy atom. The molecule has 0 amide bonds. The summed E-state index contributed by atoms with van der Waals surface area (Å²) in [6.07, 6.45) is 6.67. The van der Waals surface area contributed by atoms with Gasteiger partial charge in [-0.25, -0.2) is 4.98 Å². The Balaban J connectivity index is 1.61. The van der Waals surface area contributed by atoms with Crippen molar-refractivity contribution in [2.45, 2.75) is 62.6 Å². The summed E-state index contributed by atoms with van der Waals surface area (Å²) in [5.41, 5.74) is 0. The molecule has 2 saturated heterocycles. The van der Waals surface area contributed by atoms with Crippen molar-refractivity contribution in [2.24, 2.45) is 0 Å². The highest BCUT2D eigenvalue weighted by Crippen LogP contribution is 2.43. The van der Waals surface area contributed by atoms with Gasteiger partial charge in [0.2, 0.25) is 5.13 Å². The van der Waals surface area contributed by atoms with E-state index in [9.17, 15) is 5.11 Å². The average molecular weight is 251 g/mol. The fourth-order valence-corrected chi connectivity index (χ4v) is 4.19. The lowest BCUT2D eigenvalue weighted by atomic mass is 10.0. The number of aromatic nitrogens is 2. The molecule has 1 aromatic heterocycles. The SMILES string of the molecule is OC1CC2CCC(C1)N2c1nc(C2CC2)ns1. The molecule has 3 aliphatic rings. The Labute approximate surface area is 105 Å². The van der Waals surface area contributed by atoms with E-state index in [4.69, 9.17) is 4.98 Å². The molecule has 5 heteroatoms. The Bertz CT molecular complexity index is 417. The van der Waals surface area contributed by atoms with Gasteiger partial charge >= 0.3 is 0 Å². The number of aliphatic hydroxyl groups is 1. The van der Waals surface area contributed by atoms with Crippen LogP contribution in [0.5, 0.6) is 0 Å². The minimum atomic E-state index is -0.0976. The van der Waals surface area contributed by atoms with Crippen molar-refractivity contribution in [3.05, 3.63) is 5.82 Å². The van der Waals surface area contributed by atoms with Crippen molar-refractivity contribution in [1.29, 1.82) is 0 Å². The maximum absolute atomic E-state index is 9.80. The number of hydrogen-bond acceptors (Lipinski definition) is 5. The lowest BCUT2D eigenvalue weighted by Gasteiger charge is -2.36. The first-order chi connectivity index (χ1) is 8.31. The summed E-state index contributed by atoms with van der Waals surface area (Å²) < 4.78 is 4.50. The van der Waals surface area contributed by atoms with Crippen LogP contribution in [0.25, 0.3) is 0 Å². The van der Waals surface area contributed by atoms with Gasteiger partial charge in [0.25, 0.3) is 0 Å². The van der Waals surface area contributed by atoms with E-state index < -0.39 is 0 Å². The number of anilines is 1. The molecule has 4 rings (SSSR count). The maximum Gasteiger partial charge on any atom is 0.205 e. The third-order valence-electron chi connectivity index (χ3n) is 4.30. The second-order valence-corrected chi connectivity index (χ2v) is 6.36. The highest BCUT2D eigenvalue weighted by Gasteiger charge is 2.42. The van der Waals surface area contributed by atoms with E-state index in [2.05, 4.69) is 9.27 Å². The Morgan fingerprint density at radius 2 is 1.82 bits per heavy atom. The Kier molecular flexibility index (Phi) is 2.21. The summed E-state index contributed by atoms with van der Waals surface area (Å²) in [6.45, 7) is 0. The topological polar surface area (TPSA) is 49.2 Å². The predicted molar refractivity (Wildman–Crippen MR) is 66.4 cm³/mol. The van der Waals surface area contributed by atoms with Gasteiger partial charge in [-0.1, -0.05) is 0 Å². The van der Waals surface area contributed by atoms with E-state index in [-0.39, 0.29) is 6.10 Å². The lowest BCUT2D eigenvalue weighted by molar-refractivity contribution is 0.126. The summed E-state index contributed by atoms with van der Waals surface area (Å²) >= 11 is 1.56. The number of rotatable bonds is 2. The molecule has 0 spiro atoms. The van der Waals surface area contributed by atoms with Gasteiger partial charge in [-0.2, -0.15) is 4.37 Å². The zero-order valence-corrected chi connectivity index (χ0v) is 10.6. The van der Waals surface area contributed by atoms with Gasteiger partial charge in [-0.05, 0) is 38.5 Å². The minimum absolute atomic E-state index is 0.0976. The molecule has 2 atom stereocenters. The molecule has 2 aliphatic heterocycles. The average Bonchev–Trinajstić information content (AvgIpc) is 2.98. The second kappa shape index (κ2) is 3.65. The van der Waals surface area contributed by atoms with Gasteiger partial charge in [0.15, 0.2) is 0 Å². The van der Waals surface area contributed by atoms with E-state index in [1.807, 2.05) is 0 Å². The molecule has 0 radical (unpaired) electrons. The van der Waals surface area contributed by atoms with Crippen LogP contribution in [-0.2, 0) is 0 Å². The fourth-order valence-electron chi connectivity index (χ4n) is 3.30. The van der Waals surface area contributed by atoms with E-state index in [0.717, 1.165) is 23.8 Å². The van der Waals surface area contributed by atoms with Crippen molar-refractivity contribution in [3.8, 4) is 0 Å². The van der Waals surface area contributed by atoms with Crippen molar-refractivity contribution in [1.82, 2.24) is 9.36 Å². The van der Waals surface area contributed by atoms with Crippen LogP contribution in [0.1, 0.15) is 50.3 Å². The van der Waals surface area contributed by atoms with E-state index in [0.29, 0.717) is 18.0 Å². The Hall–Kier alpha value is -0.680. The molecule has 3 fully saturated rings. The Morgan fingerprint density at radius 1 is 1.12 bits per heavy atom. The first-order valence-corrected chi connectivity index (χ1v) is 7.38. The molecule has 4 nitrogen and oxygen atoms in total. The molecule has 0 aromatic carbocycles. The van der Waals surface area contributed by atoms with Crippen LogP contribution in [0.4, 0.5) is 5.13 Å². The van der Waals surface area contributed by atoms with Crippen LogP contribution in [0.15, 0.2) is 0 Å². The zero-order chi connectivity index (χ0) is 11.4. The monoisotopic (exact) mass is 251 g/mol. The number of nitrogens with zero attached hydrogens (tertiary/aromatic N) is 3. The van der Waals surface area contributed by atoms with Crippen LogP contribution in [0.2, 0.25) is 0 Å². The molecule has 2 bridgehead atoms. The molecule has 1 N–H and O–H groups in total. The molecule has 92 valence electrons. The summed E-state index contributed by atoms with van der Waals surface area (Å²) in [5.74, 6) is 1.71.